The highest BCUT2D eigenvalue weighted by Crippen LogP contribution is 2.47. The van der Waals surface area contributed by atoms with Gasteiger partial charge in [-0.2, -0.15) is 0 Å². The van der Waals surface area contributed by atoms with Crippen LogP contribution in [0.3, 0.4) is 0 Å². The third-order valence-corrected chi connectivity index (χ3v) is 10.3. The number of esters is 1. The zero-order valence-electron chi connectivity index (χ0n) is 34.6. The Hall–Kier alpha value is -2.22. The molecular weight excluding hydrogens is 751 g/mol. The van der Waals surface area contributed by atoms with E-state index in [1.807, 2.05) is 0 Å². The normalized spacial score (nSPS) is 23.6. The predicted molar refractivity (Wildman–Crippen MR) is 225 cm³/mol. The van der Waals surface area contributed by atoms with E-state index < -0.39 is 63.1 Å². The SMILES string of the molecule is CC/C=C\C/C=C\C/C=C\C/C=C\C/C=C\C/C=C\CCCOCC(COP(=O)(O)OC1C(O)C(O)C(O)C(O)C1O)OC(=O)CCCCCCCCCCCC. The summed E-state index contributed by atoms with van der Waals surface area (Å²) in [5, 5.41) is 50.0. The molecule has 0 amide bonds. The summed E-state index contributed by atoms with van der Waals surface area (Å²) in [6, 6.07) is 0. The molecule has 0 aromatic heterocycles. The first-order chi connectivity index (χ1) is 27.5. The maximum Gasteiger partial charge on any atom is 0.472 e. The molecule has 328 valence electrons. The van der Waals surface area contributed by atoms with Crippen LogP contribution in [-0.4, -0.2) is 98.9 Å². The standard InChI is InChI=1S/C44H75O12P/c1-3-5-7-9-11-13-15-16-17-18-19-20-21-22-23-24-26-28-30-32-34-53-35-37(55-38(45)33-31-29-27-25-14-12-10-8-6-4-2)36-54-57(51,52)56-44-42(49)40(47)39(46)41(48)43(44)50/h5,7,11,13,16-17,19-20,22-23,26,28,37,39-44,46-50H,3-4,6,8-10,12,14-15,18,21,24-25,27,29-36H2,1-2H3,(H,51,52)/b7-5-,13-11-,17-16-,20-19-,23-22-,28-26-. The van der Waals surface area contributed by atoms with Crippen molar-refractivity contribution in [1.82, 2.24) is 0 Å². The van der Waals surface area contributed by atoms with Crippen LogP contribution in [0.5, 0.6) is 0 Å². The van der Waals surface area contributed by atoms with Crippen LogP contribution in [0.4, 0.5) is 0 Å². The van der Waals surface area contributed by atoms with Crippen molar-refractivity contribution in [3.63, 3.8) is 0 Å². The number of ether oxygens (including phenoxy) is 2. The molecule has 1 rings (SSSR count). The van der Waals surface area contributed by atoms with E-state index in [4.69, 9.17) is 18.5 Å². The second kappa shape index (κ2) is 34.6. The van der Waals surface area contributed by atoms with E-state index in [1.165, 1.54) is 38.5 Å². The lowest BCUT2D eigenvalue weighted by Crippen LogP contribution is -2.64. The Morgan fingerprint density at radius 1 is 0.579 bits per heavy atom. The molecule has 0 bridgehead atoms. The van der Waals surface area contributed by atoms with Crippen molar-refractivity contribution in [1.29, 1.82) is 0 Å². The van der Waals surface area contributed by atoms with E-state index in [9.17, 15) is 39.8 Å². The van der Waals surface area contributed by atoms with Gasteiger partial charge in [-0.3, -0.25) is 13.8 Å². The minimum Gasteiger partial charge on any atom is -0.457 e. The molecule has 1 fully saturated rings. The molecule has 0 aliphatic heterocycles. The average Bonchev–Trinajstić information content (AvgIpc) is 3.19. The van der Waals surface area contributed by atoms with Gasteiger partial charge in [-0.1, -0.05) is 145 Å². The summed E-state index contributed by atoms with van der Waals surface area (Å²) in [6.45, 7) is 3.95. The van der Waals surface area contributed by atoms with Crippen molar-refractivity contribution >= 4 is 13.8 Å². The molecule has 1 aliphatic carbocycles. The highest BCUT2D eigenvalue weighted by atomic mass is 31.2. The van der Waals surface area contributed by atoms with Crippen LogP contribution in [0, 0.1) is 0 Å². The third-order valence-electron chi connectivity index (χ3n) is 9.34. The van der Waals surface area contributed by atoms with Gasteiger partial charge in [0.15, 0.2) is 0 Å². The topological polar surface area (TPSA) is 192 Å². The maximum absolute atomic E-state index is 12.8. The lowest BCUT2D eigenvalue weighted by Gasteiger charge is -2.41. The van der Waals surface area contributed by atoms with E-state index in [0.29, 0.717) is 19.4 Å². The van der Waals surface area contributed by atoms with Crippen molar-refractivity contribution in [2.75, 3.05) is 19.8 Å². The molecule has 6 unspecified atom stereocenters. The number of aliphatic hydroxyl groups is 5. The van der Waals surface area contributed by atoms with Gasteiger partial charge < -0.3 is 39.9 Å². The predicted octanol–water partition coefficient (Wildman–Crippen LogP) is 8.02. The number of phosphoric acid groups is 1. The molecule has 6 atom stereocenters. The number of allylic oxidation sites excluding steroid dienone is 12. The van der Waals surface area contributed by atoms with Crippen LogP contribution in [0.15, 0.2) is 72.9 Å². The first kappa shape index (κ1) is 52.8. The fourth-order valence-electron chi connectivity index (χ4n) is 5.96. The van der Waals surface area contributed by atoms with E-state index in [-0.39, 0.29) is 13.0 Å². The second-order valence-corrected chi connectivity index (χ2v) is 15.9. The molecule has 0 radical (unpaired) electrons. The summed E-state index contributed by atoms with van der Waals surface area (Å²) in [6.07, 6.45) is 31.4. The molecule has 1 saturated carbocycles. The number of hydrogen-bond donors (Lipinski definition) is 6. The molecule has 6 N–H and O–H groups in total. The monoisotopic (exact) mass is 826 g/mol. The van der Waals surface area contributed by atoms with Crippen LogP contribution in [0.1, 0.15) is 136 Å². The van der Waals surface area contributed by atoms with E-state index in [0.717, 1.165) is 64.2 Å². The number of carbonyl (C=O) groups is 1. The van der Waals surface area contributed by atoms with Gasteiger partial charge in [-0.15, -0.1) is 0 Å². The fourth-order valence-corrected chi connectivity index (χ4v) is 6.93. The number of hydrogen-bond acceptors (Lipinski definition) is 11. The van der Waals surface area contributed by atoms with Crippen LogP contribution in [0.25, 0.3) is 0 Å². The summed E-state index contributed by atoms with van der Waals surface area (Å²) in [4.78, 5) is 23.0. The molecule has 0 aromatic rings. The summed E-state index contributed by atoms with van der Waals surface area (Å²) >= 11 is 0. The quantitative estimate of drug-likeness (QED) is 0.0159. The fraction of sp³-hybridized carbons (Fsp3) is 0.705. The Bertz CT molecular complexity index is 1220. The Morgan fingerprint density at radius 3 is 1.51 bits per heavy atom. The van der Waals surface area contributed by atoms with E-state index >= 15 is 0 Å². The Labute approximate surface area is 342 Å². The molecule has 0 aromatic carbocycles. The first-order valence-electron chi connectivity index (χ1n) is 21.3. The smallest absolute Gasteiger partial charge is 0.457 e. The lowest BCUT2D eigenvalue weighted by atomic mass is 9.85. The van der Waals surface area contributed by atoms with Crippen molar-refractivity contribution < 1.29 is 58.3 Å². The van der Waals surface area contributed by atoms with Gasteiger partial charge >= 0.3 is 13.8 Å². The molecule has 0 spiro atoms. The van der Waals surface area contributed by atoms with E-state index in [2.05, 4.69) is 86.8 Å². The van der Waals surface area contributed by atoms with Gasteiger partial charge in [-0.05, 0) is 57.8 Å². The minimum atomic E-state index is -5.03. The van der Waals surface area contributed by atoms with Crippen LogP contribution in [-0.2, 0) is 27.9 Å². The summed E-state index contributed by atoms with van der Waals surface area (Å²) in [5.74, 6) is -0.503. The average molecular weight is 827 g/mol. The van der Waals surface area contributed by atoms with Gasteiger partial charge in [0.25, 0.3) is 0 Å². The Kier molecular flexibility index (Phi) is 32.1. The van der Waals surface area contributed by atoms with Crippen molar-refractivity contribution in [3.8, 4) is 0 Å². The molecule has 12 nitrogen and oxygen atoms in total. The van der Waals surface area contributed by atoms with Crippen LogP contribution >= 0.6 is 7.82 Å². The highest BCUT2D eigenvalue weighted by Gasteiger charge is 2.51. The zero-order valence-corrected chi connectivity index (χ0v) is 35.5. The van der Waals surface area contributed by atoms with Gasteiger partial charge in [-0.25, -0.2) is 4.57 Å². The molecule has 13 heteroatoms. The number of phosphoric ester groups is 1. The number of rotatable bonds is 34. The second-order valence-electron chi connectivity index (χ2n) is 14.5. The summed E-state index contributed by atoms with van der Waals surface area (Å²) < 4.78 is 34.0. The van der Waals surface area contributed by atoms with Crippen LogP contribution < -0.4 is 0 Å². The number of carbonyl (C=O) groups excluding carboxylic acids is 1. The molecule has 57 heavy (non-hydrogen) atoms. The highest BCUT2D eigenvalue weighted by molar-refractivity contribution is 7.47. The first-order valence-corrected chi connectivity index (χ1v) is 22.8. The van der Waals surface area contributed by atoms with Crippen molar-refractivity contribution in [3.05, 3.63) is 72.9 Å². The maximum atomic E-state index is 12.8. The molecule has 1 aliphatic rings. The summed E-state index contributed by atoms with van der Waals surface area (Å²) in [5.41, 5.74) is 0. The Morgan fingerprint density at radius 2 is 1.02 bits per heavy atom. The van der Waals surface area contributed by atoms with Gasteiger partial charge in [0, 0.05) is 13.0 Å². The van der Waals surface area contributed by atoms with Crippen LogP contribution in [0.2, 0.25) is 0 Å². The van der Waals surface area contributed by atoms with Gasteiger partial charge in [0.1, 0.15) is 42.7 Å². The lowest BCUT2D eigenvalue weighted by molar-refractivity contribution is -0.220. The minimum absolute atomic E-state index is 0.119. The van der Waals surface area contributed by atoms with Crippen molar-refractivity contribution in [2.45, 2.75) is 179 Å². The largest absolute Gasteiger partial charge is 0.472 e. The zero-order chi connectivity index (χ0) is 42.0. The Balaban J connectivity index is 2.46. The van der Waals surface area contributed by atoms with Gasteiger partial charge in [0.2, 0.25) is 0 Å². The van der Waals surface area contributed by atoms with E-state index in [1.54, 1.807) is 0 Å². The summed E-state index contributed by atoms with van der Waals surface area (Å²) in [7, 11) is -5.03. The van der Waals surface area contributed by atoms with Gasteiger partial charge in [0.05, 0.1) is 13.2 Å². The third kappa shape index (κ3) is 27.2. The van der Waals surface area contributed by atoms with Crippen molar-refractivity contribution in [2.24, 2.45) is 0 Å². The molecule has 0 heterocycles. The molecular formula is C44H75O12P. The number of aliphatic hydroxyl groups excluding tert-OH is 5. The number of unbranched alkanes of at least 4 members (excludes halogenated alkanes) is 10. The molecule has 0 saturated heterocycles.